The Balaban J connectivity index is 1.61. The van der Waals surface area contributed by atoms with Gasteiger partial charge in [-0.05, 0) is 70.6 Å². The number of nitrogens with zero attached hydrogens (tertiary/aromatic N) is 5. The minimum Gasteiger partial charge on any atom is -0.352 e. The number of benzene rings is 3. The highest BCUT2D eigenvalue weighted by atomic mass is 19.1. The lowest BCUT2D eigenvalue weighted by atomic mass is 9.99. The predicted octanol–water partition coefficient (Wildman–Crippen LogP) is 6.46. The molecule has 5 aromatic rings. The SMILES string of the molecule is CC(C)CN(Cc1ccc(F)cc1)c1cc(Cc2ccc(F)cc2)cc(-c2ccccc2-c2nn[nH]n2)n1. The van der Waals surface area contributed by atoms with Gasteiger partial charge < -0.3 is 4.90 Å². The lowest BCUT2D eigenvalue weighted by Crippen LogP contribution is -2.28. The molecule has 0 aliphatic rings. The Morgan fingerprint density at radius 3 is 2.08 bits per heavy atom. The summed E-state index contributed by atoms with van der Waals surface area (Å²) in [5, 5.41) is 14.6. The third kappa shape index (κ3) is 6.08. The Bertz CT molecular complexity index is 1480. The standard InChI is InChI=1S/C30H28F2N6/c1-20(2)18-38(19-22-9-13-25(32)14-10-22)29-17-23(15-21-7-11-24(31)12-8-21)16-28(33-29)26-5-3-4-6-27(26)30-34-36-37-35-30/h3-14,16-17,20H,15,18-19H2,1-2H3,(H,34,35,36,37). The molecule has 8 heteroatoms. The molecule has 0 unspecified atom stereocenters. The van der Waals surface area contributed by atoms with E-state index in [9.17, 15) is 8.78 Å². The minimum absolute atomic E-state index is 0.260. The average Bonchev–Trinajstić information content (AvgIpc) is 3.46. The quantitative estimate of drug-likeness (QED) is 0.246. The van der Waals surface area contributed by atoms with Gasteiger partial charge in [0.2, 0.25) is 5.82 Å². The van der Waals surface area contributed by atoms with Crippen LogP contribution in [0.2, 0.25) is 0 Å². The lowest BCUT2D eigenvalue weighted by molar-refractivity contribution is 0.602. The van der Waals surface area contributed by atoms with Gasteiger partial charge in [-0.15, -0.1) is 10.2 Å². The topological polar surface area (TPSA) is 70.6 Å². The summed E-state index contributed by atoms with van der Waals surface area (Å²) in [6, 6.07) is 25.1. The first-order chi connectivity index (χ1) is 18.4. The number of halogens is 2. The number of aromatic nitrogens is 5. The van der Waals surface area contributed by atoms with Gasteiger partial charge in [-0.2, -0.15) is 5.21 Å². The Labute approximate surface area is 220 Å². The molecular weight excluding hydrogens is 482 g/mol. The fraction of sp³-hybridized carbons (Fsp3) is 0.200. The zero-order chi connectivity index (χ0) is 26.5. The number of hydrogen-bond donors (Lipinski definition) is 1. The lowest BCUT2D eigenvalue weighted by Gasteiger charge is -2.27. The first-order valence-electron chi connectivity index (χ1n) is 12.5. The van der Waals surface area contributed by atoms with Crippen molar-refractivity contribution in [3.63, 3.8) is 0 Å². The monoisotopic (exact) mass is 510 g/mol. The van der Waals surface area contributed by atoms with Crippen molar-refractivity contribution in [3.8, 4) is 22.6 Å². The van der Waals surface area contributed by atoms with Gasteiger partial charge in [-0.1, -0.05) is 62.4 Å². The molecule has 0 saturated heterocycles. The van der Waals surface area contributed by atoms with Gasteiger partial charge in [0, 0.05) is 24.2 Å². The van der Waals surface area contributed by atoms with Crippen molar-refractivity contribution in [2.24, 2.45) is 5.92 Å². The van der Waals surface area contributed by atoms with Crippen molar-refractivity contribution in [2.45, 2.75) is 26.8 Å². The van der Waals surface area contributed by atoms with Crippen LogP contribution < -0.4 is 4.90 Å². The number of hydrogen-bond acceptors (Lipinski definition) is 5. The number of tetrazole rings is 1. The van der Waals surface area contributed by atoms with Gasteiger partial charge in [0.25, 0.3) is 0 Å². The second-order valence-corrected chi connectivity index (χ2v) is 9.70. The molecule has 0 radical (unpaired) electrons. The molecular formula is C30H28F2N6. The van der Waals surface area contributed by atoms with Crippen LogP contribution in [0.25, 0.3) is 22.6 Å². The number of pyridine rings is 1. The summed E-state index contributed by atoms with van der Waals surface area (Å²) < 4.78 is 27.1. The van der Waals surface area contributed by atoms with E-state index in [1.165, 1.54) is 24.3 Å². The maximum atomic E-state index is 13.6. The second kappa shape index (κ2) is 11.3. The number of nitrogens with one attached hydrogen (secondary N) is 1. The summed E-state index contributed by atoms with van der Waals surface area (Å²) in [6.45, 7) is 5.66. The van der Waals surface area contributed by atoms with Crippen molar-refractivity contribution in [1.82, 2.24) is 25.6 Å². The van der Waals surface area contributed by atoms with Crippen LogP contribution in [0, 0.1) is 17.6 Å². The molecule has 2 aromatic heterocycles. The summed E-state index contributed by atoms with van der Waals surface area (Å²) in [5.74, 6) is 1.14. The van der Waals surface area contributed by atoms with Crippen molar-refractivity contribution in [1.29, 1.82) is 0 Å². The maximum absolute atomic E-state index is 13.6. The highest BCUT2D eigenvalue weighted by molar-refractivity contribution is 5.79. The number of aromatic amines is 1. The molecule has 3 aromatic carbocycles. The van der Waals surface area contributed by atoms with E-state index in [1.54, 1.807) is 24.3 Å². The summed E-state index contributed by atoms with van der Waals surface area (Å²) in [6.07, 6.45) is 0.610. The normalized spacial score (nSPS) is 11.2. The molecule has 0 bridgehead atoms. The van der Waals surface area contributed by atoms with Crippen LogP contribution in [0.15, 0.2) is 84.9 Å². The summed E-state index contributed by atoms with van der Waals surface area (Å²) in [4.78, 5) is 7.32. The maximum Gasteiger partial charge on any atom is 0.205 e. The molecule has 0 aliphatic carbocycles. The van der Waals surface area contributed by atoms with Gasteiger partial charge in [-0.3, -0.25) is 0 Å². The Morgan fingerprint density at radius 2 is 1.45 bits per heavy atom. The van der Waals surface area contributed by atoms with E-state index in [0.717, 1.165) is 45.9 Å². The highest BCUT2D eigenvalue weighted by Gasteiger charge is 2.17. The Kier molecular flexibility index (Phi) is 7.49. The van der Waals surface area contributed by atoms with Gasteiger partial charge in [0.15, 0.2) is 0 Å². The van der Waals surface area contributed by atoms with E-state index >= 15 is 0 Å². The summed E-state index contributed by atoms with van der Waals surface area (Å²) >= 11 is 0. The first-order valence-corrected chi connectivity index (χ1v) is 12.5. The fourth-order valence-corrected chi connectivity index (χ4v) is 4.48. The predicted molar refractivity (Wildman–Crippen MR) is 144 cm³/mol. The number of rotatable bonds is 9. The molecule has 0 fully saturated rings. The van der Waals surface area contributed by atoms with Crippen LogP contribution in [-0.2, 0) is 13.0 Å². The largest absolute Gasteiger partial charge is 0.352 e. The molecule has 192 valence electrons. The Morgan fingerprint density at radius 1 is 0.789 bits per heavy atom. The van der Waals surface area contributed by atoms with E-state index in [0.29, 0.717) is 24.7 Å². The second-order valence-electron chi connectivity index (χ2n) is 9.70. The third-order valence-corrected chi connectivity index (χ3v) is 6.18. The van der Waals surface area contributed by atoms with Crippen LogP contribution in [-0.4, -0.2) is 32.2 Å². The van der Waals surface area contributed by atoms with Crippen LogP contribution in [0.5, 0.6) is 0 Å². The van der Waals surface area contributed by atoms with Crippen LogP contribution in [0.1, 0.15) is 30.5 Å². The minimum atomic E-state index is -0.263. The highest BCUT2D eigenvalue weighted by Crippen LogP contribution is 2.32. The Hall–Kier alpha value is -4.46. The molecule has 2 heterocycles. The van der Waals surface area contributed by atoms with E-state index in [1.807, 2.05) is 24.3 Å². The van der Waals surface area contributed by atoms with Crippen LogP contribution in [0.4, 0.5) is 14.6 Å². The van der Waals surface area contributed by atoms with E-state index < -0.39 is 0 Å². The molecule has 38 heavy (non-hydrogen) atoms. The third-order valence-electron chi connectivity index (χ3n) is 6.18. The van der Waals surface area contributed by atoms with Crippen molar-refractivity contribution >= 4 is 5.82 Å². The van der Waals surface area contributed by atoms with E-state index in [-0.39, 0.29) is 11.6 Å². The van der Waals surface area contributed by atoms with Crippen molar-refractivity contribution in [2.75, 3.05) is 11.4 Å². The van der Waals surface area contributed by atoms with Crippen LogP contribution in [0.3, 0.4) is 0 Å². The molecule has 0 aliphatic heterocycles. The fourth-order valence-electron chi connectivity index (χ4n) is 4.48. The number of H-pyrrole nitrogens is 1. The zero-order valence-corrected chi connectivity index (χ0v) is 21.3. The molecule has 0 atom stereocenters. The van der Waals surface area contributed by atoms with E-state index in [4.69, 9.17) is 4.98 Å². The summed E-state index contributed by atoms with van der Waals surface area (Å²) in [7, 11) is 0. The average molecular weight is 511 g/mol. The van der Waals surface area contributed by atoms with Crippen molar-refractivity contribution < 1.29 is 8.78 Å². The van der Waals surface area contributed by atoms with Crippen molar-refractivity contribution in [3.05, 3.63) is 113 Å². The molecule has 6 nitrogen and oxygen atoms in total. The first kappa shape index (κ1) is 25.2. The molecule has 5 rings (SSSR count). The molecule has 1 N–H and O–H groups in total. The van der Waals surface area contributed by atoms with Gasteiger partial charge in [0.1, 0.15) is 17.5 Å². The van der Waals surface area contributed by atoms with E-state index in [2.05, 4.69) is 51.5 Å². The van der Waals surface area contributed by atoms with Crippen LogP contribution >= 0.6 is 0 Å². The van der Waals surface area contributed by atoms with Gasteiger partial charge in [-0.25, -0.2) is 13.8 Å². The molecule has 0 spiro atoms. The zero-order valence-electron chi connectivity index (χ0n) is 21.3. The summed E-state index contributed by atoms with van der Waals surface area (Å²) in [5.41, 5.74) is 5.48. The molecule has 0 amide bonds. The molecule has 0 saturated carbocycles. The van der Waals surface area contributed by atoms with Gasteiger partial charge in [0.05, 0.1) is 5.69 Å². The number of anilines is 1. The van der Waals surface area contributed by atoms with Gasteiger partial charge >= 0.3 is 0 Å². The smallest absolute Gasteiger partial charge is 0.205 e.